The maximum absolute atomic E-state index is 12.2. The Kier molecular flexibility index (Phi) is 3.66. The van der Waals surface area contributed by atoms with Crippen LogP contribution in [0.1, 0.15) is 11.4 Å². The Bertz CT molecular complexity index is 727. The molecule has 1 heterocycles. The third kappa shape index (κ3) is 2.96. The summed E-state index contributed by atoms with van der Waals surface area (Å²) in [6.45, 7) is 3.32. The van der Waals surface area contributed by atoms with Crippen molar-refractivity contribution < 1.29 is 8.42 Å². The number of anilines is 2. The molecule has 0 spiro atoms. The molecule has 3 N–H and O–H groups in total. The van der Waals surface area contributed by atoms with E-state index in [4.69, 9.17) is 17.3 Å². The molecule has 0 saturated carbocycles. The van der Waals surface area contributed by atoms with Crippen LogP contribution in [0.5, 0.6) is 0 Å². The molecule has 9 heteroatoms. The van der Waals surface area contributed by atoms with Crippen molar-refractivity contribution >= 4 is 44.0 Å². The molecule has 0 radical (unpaired) electrons. The first-order valence-electron chi connectivity index (χ1n) is 5.18. The van der Waals surface area contributed by atoms with Gasteiger partial charge in [0.25, 0.3) is 10.0 Å². The Morgan fingerprint density at radius 3 is 2.63 bits per heavy atom. The third-order valence-corrected chi connectivity index (χ3v) is 4.99. The fourth-order valence-electron chi connectivity index (χ4n) is 1.47. The van der Waals surface area contributed by atoms with Gasteiger partial charge in [0.15, 0.2) is 0 Å². The van der Waals surface area contributed by atoms with Gasteiger partial charge in [-0.25, -0.2) is 13.4 Å². The molecule has 102 valence electrons. The fraction of sp³-hybridized carbons (Fsp3) is 0.200. The van der Waals surface area contributed by atoms with Crippen molar-refractivity contribution in [2.75, 3.05) is 10.5 Å². The number of halogens is 1. The predicted octanol–water partition coefficient (Wildman–Crippen LogP) is 2.19. The summed E-state index contributed by atoms with van der Waals surface area (Å²) in [6.07, 6.45) is 0. The molecule has 0 unspecified atom stereocenters. The maximum atomic E-state index is 12.2. The van der Waals surface area contributed by atoms with Crippen molar-refractivity contribution in [2.24, 2.45) is 0 Å². The van der Waals surface area contributed by atoms with Crippen molar-refractivity contribution in [3.63, 3.8) is 0 Å². The Hall–Kier alpha value is -1.38. The fourth-order valence-corrected chi connectivity index (χ4v) is 3.75. The van der Waals surface area contributed by atoms with Gasteiger partial charge in [-0.3, -0.25) is 4.72 Å². The predicted molar refractivity (Wildman–Crippen MR) is 76.1 cm³/mol. The number of aromatic nitrogens is 2. The lowest BCUT2D eigenvalue weighted by atomic mass is 10.2. The molecule has 1 aromatic carbocycles. The van der Waals surface area contributed by atoms with Gasteiger partial charge in [-0.05, 0) is 31.5 Å². The van der Waals surface area contributed by atoms with Gasteiger partial charge in [0.1, 0.15) is 5.82 Å². The smallest absolute Gasteiger partial charge is 0.264 e. The summed E-state index contributed by atoms with van der Waals surface area (Å²) in [4.78, 5) is 4.02. The van der Waals surface area contributed by atoms with Gasteiger partial charge >= 0.3 is 0 Å². The molecule has 0 bridgehead atoms. The van der Waals surface area contributed by atoms with Crippen LogP contribution < -0.4 is 10.5 Å². The normalized spacial score (nSPS) is 11.5. The average molecular weight is 319 g/mol. The van der Waals surface area contributed by atoms with Crippen molar-refractivity contribution in [2.45, 2.75) is 18.7 Å². The largest absolute Gasteiger partial charge is 0.397 e. The van der Waals surface area contributed by atoms with Crippen molar-refractivity contribution in [1.29, 1.82) is 0 Å². The lowest BCUT2D eigenvalue weighted by molar-refractivity contribution is 0.600. The summed E-state index contributed by atoms with van der Waals surface area (Å²) >= 11 is 6.81. The summed E-state index contributed by atoms with van der Waals surface area (Å²) in [6, 6.07) is 2.84. The van der Waals surface area contributed by atoms with E-state index in [-0.39, 0.29) is 15.7 Å². The van der Waals surface area contributed by atoms with Crippen LogP contribution in [0, 0.1) is 13.8 Å². The summed E-state index contributed by atoms with van der Waals surface area (Å²) in [5.74, 6) is 0.509. The summed E-state index contributed by atoms with van der Waals surface area (Å²) in [5.41, 5.74) is 6.35. The molecule has 0 atom stereocenters. The van der Waals surface area contributed by atoms with Gasteiger partial charge in [0.2, 0.25) is 5.13 Å². The average Bonchev–Trinajstić information content (AvgIpc) is 2.68. The van der Waals surface area contributed by atoms with Crippen molar-refractivity contribution in [1.82, 2.24) is 9.36 Å². The van der Waals surface area contributed by atoms with Crippen LogP contribution in [-0.4, -0.2) is 17.8 Å². The summed E-state index contributed by atoms with van der Waals surface area (Å²) < 4.78 is 30.7. The van der Waals surface area contributed by atoms with Gasteiger partial charge in [-0.15, -0.1) is 0 Å². The highest BCUT2D eigenvalue weighted by atomic mass is 35.5. The zero-order valence-electron chi connectivity index (χ0n) is 10.1. The number of nitrogen functional groups attached to an aromatic ring is 1. The van der Waals surface area contributed by atoms with Crippen LogP contribution in [-0.2, 0) is 10.0 Å². The van der Waals surface area contributed by atoms with E-state index < -0.39 is 10.0 Å². The molecule has 6 nitrogen and oxygen atoms in total. The van der Waals surface area contributed by atoms with Gasteiger partial charge in [-0.1, -0.05) is 11.6 Å². The Balaban J connectivity index is 2.42. The number of sulfonamides is 1. The minimum absolute atomic E-state index is 0.0715. The van der Waals surface area contributed by atoms with E-state index in [0.29, 0.717) is 16.4 Å². The van der Waals surface area contributed by atoms with Crippen LogP contribution in [0.15, 0.2) is 17.0 Å². The lowest BCUT2D eigenvalue weighted by Crippen LogP contribution is -2.14. The lowest BCUT2D eigenvalue weighted by Gasteiger charge is -2.09. The van der Waals surface area contributed by atoms with Gasteiger partial charge in [-0.2, -0.15) is 4.37 Å². The molecule has 0 aliphatic heterocycles. The number of nitrogens with zero attached hydrogens (tertiary/aromatic N) is 2. The molecule has 0 aliphatic rings. The molecular formula is C10H11ClN4O2S2. The monoisotopic (exact) mass is 318 g/mol. The highest BCUT2D eigenvalue weighted by molar-refractivity contribution is 7.93. The SMILES string of the molecule is Cc1nsc(NS(=O)(=O)c2cc(N)c(Cl)cc2C)n1. The first kappa shape index (κ1) is 14.0. The Morgan fingerprint density at radius 2 is 2.05 bits per heavy atom. The van der Waals surface area contributed by atoms with Gasteiger partial charge in [0.05, 0.1) is 15.6 Å². The molecule has 1 aromatic heterocycles. The minimum Gasteiger partial charge on any atom is -0.397 e. The van der Waals surface area contributed by atoms with E-state index in [9.17, 15) is 8.42 Å². The van der Waals surface area contributed by atoms with Crippen LogP contribution in [0.25, 0.3) is 0 Å². The van der Waals surface area contributed by atoms with Crippen LogP contribution >= 0.6 is 23.1 Å². The highest BCUT2D eigenvalue weighted by Gasteiger charge is 2.20. The maximum Gasteiger partial charge on any atom is 0.264 e. The van der Waals surface area contributed by atoms with Crippen molar-refractivity contribution in [3.8, 4) is 0 Å². The third-order valence-electron chi connectivity index (χ3n) is 2.33. The van der Waals surface area contributed by atoms with E-state index in [1.54, 1.807) is 13.8 Å². The zero-order chi connectivity index (χ0) is 14.2. The molecule has 0 saturated heterocycles. The van der Waals surface area contributed by atoms with E-state index >= 15 is 0 Å². The second-order valence-electron chi connectivity index (χ2n) is 3.89. The van der Waals surface area contributed by atoms with Crippen LogP contribution in [0.2, 0.25) is 5.02 Å². The molecular weight excluding hydrogens is 308 g/mol. The number of hydrogen-bond acceptors (Lipinski definition) is 6. The number of rotatable bonds is 3. The highest BCUT2D eigenvalue weighted by Crippen LogP contribution is 2.27. The van der Waals surface area contributed by atoms with Crippen LogP contribution in [0.4, 0.5) is 10.8 Å². The summed E-state index contributed by atoms with van der Waals surface area (Å²) in [5, 5.41) is 0.536. The standard InChI is InChI=1S/C10H11ClN4O2S2/c1-5-3-7(11)8(12)4-9(5)19(16,17)15-10-13-6(2)14-18-10/h3-4H,12H2,1-2H3,(H,13,14,15). The first-order valence-corrected chi connectivity index (χ1v) is 7.82. The number of nitrogens with two attached hydrogens (primary N) is 1. The molecule has 2 aromatic rings. The van der Waals surface area contributed by atoms with E-state index in [0.717, 1.165) is 11.5 Å². The Morgan fingerprint density at radius 1 is 1.37 bits per heavy atom. The number of hydrogen-bond donors (Lipinski definition) is 2. The molecule has 0 amide bonds. The number of nitrogens with one attached hydrogen (secondary N) is 1. The number of aryl methyl sites for hydroxylation is 2. The van der Waals surface area contributed by atoms with Gasteiger partial charge < -0.3 is 5.73 Å². The second-order valence-corrected chi connectivity index (χ2v) is 6.70. The Labute approximate surface area is 119 Å². The van der Waals surface area contributed by atoms with E-state index in [2.05, 4.69) is 14.1 Å². The molecule has 2 rings (SSSR count). The first-order chi connectivity index (χ1) is 8.79. The van der Waals surface area contributed by atoms with E-state index in [1.165, 1.54) is 12.1 Å². The molecule has 0 aliphatic carbocycles. The quantitative estimate of drug-likeness (QED) is 0.845. The van der Waals surface area contributed by atoms with Gasteiger partial charge in [0, 0.05) is 11.5 Å². The van der Waals surface area contributed by atoms with Crippen molar-refractivity contribution in [3.05, 3.63) is 28.5 Å². The van der Waals surface area contributed by atoms with E-state index in [1.807, 2.05) is 0 Å². The summed E-state index contributed by atoms with van der Waals surface area (Å²) in [7, 11) is -3.75. The zero-order valence-corrected chi connectivity index (χ0v) is 12.5. The molecule has 0 fully saturated rings. The minimum atomic E-state index is -3.75. The topological polar surface area (TPSA) is 98.0 Å². The second kappa shape index (κ2) is 4.95. The van der Waals surface area contributed by atoms with Crippen LogP contribution in [0.3, 0.4) is 0 Å². The number of benzene rings is 1. The molecule has 19 heavy (non-hydrogen) atoms.